The van der Waals surface area contributed by atoms with Crippen molar-refractivity contribution in [2.45, 2.75) is 26.4 Å². The predicted molar refractivity (Wildman–Crippen MR) is 71.7 cm³/mol. The number of hydrogen-bond donors (Lipinski definition) is 1. The monoisotopic (exact) mass is 251 g/mol. The Morgan fingerprint density at radius 2 is 2.06 bits per heavy atom. The average Bonchev–Trinajstić information content (AvgIpc) is 2.35. The summed E-state index contributed by atoms with van der Waals surface area (Å²) in [6.45, 7) is 4.52. The number of benzene rings is 1. The Morgan fingerprint density at radius 3 is 2.72 bits per heavy atom. The van der Waals surface area contributed by atoms with Gasteiger partial charge in [-0.05, 0) is 31.9 Å². The summed E-state index contributed by atoms with van der Waals surface area (Å²) < 4.78 is 10.3. The lowest BCUT2D eigenvalue weighted by molar-refractivity contribution is -0.121. The first-order valence-electron chi connectivity index (χ1n) is 6.11. The lowest BCUT2D eigenvalue weighted by Gasteiger charge is -2.12. The molecule has 0 bridgehead atoms. The average molecular weight is 251 g/mol. The van der Waals surface area contributed by atoms with Crippen molar-refractivity contribution in [3.05, 3.63) is 29.8 Å². The van der Waals surface area contributed by atoms with Gasteiger partial charge in [0.2, 0.25) is 5.91 Å². The van der Waals surface area contributed by atoms with Gasteiger partial charge in [0.1, 0.15) is 6.61 Å². The van der Waals surface area contributed by atoms with E-state index in [1.54, 1.807) is 7.11 Å². The molecule has 4 heteroatoms. The highest BCUT2D eigenvalue weighted by Gasteiger charge is 2.07. The van der Waals surface area contributed by atoms with Gasteiger partial charge in [-0.3, -0.25) is 4.79 Å². The predicted octanol–water partition coefficient (Wildman–Crippen LogP) is 2.24. The van der Waals surface area contributed by atoms with Crippen molar-refractivity contribution in [1.82, 2.24) is 0 Å². The van der Waals surface area contributed by atoms with Crippen LogP contribution >= 0.6 is 0 Å². The molecule has 0 fully saturated rings. The van der Waals surface area contributed by atoms with E-state index in [1.165, 1.54) is 0 Å². The Labute approximate surface area is 108 Å². The summed E-state index contributed by atoms with van der Waals surface area (Å²) in [7, 11) is 1.66. The highest BCUT2D eigenvalue weighted by Crippen LogP contribution is 2.15. The van der Waals surface area contributed by atoms with Crippen molar-refractivity contribution in [3.63, 3.8) is 0 Å². The molecule has 1 aromatic carbocycles. The number of anilines is 1. The number of methoxy groups -OCH3 is 1. The molecule has 1 N–H and O–H groups in total. The van der Waals surface area contributed by atoms with Gasteiger partial charge in [-0.15, -0.1) is 0 Å². The quantitative estimate of drug-likeness (QED) is 0.808. The van der Waals surface area contributed by atoms with Crippen LogP contribution in [0.2, 0.25) is 0 Å². The smallest absolute Gasteiger partial charge is 0.250 e. The van der Waals surface area contributed by atoms with E-state index < -0.39 is 0 Å². The van der Waals surface area contributed by atoms with Crippen LogP contribution in [0.25, 0.3) is 0 Å². The van der Waals surface area contributed by atoms with Crippen molar-refractivity contribution >= 4 is 11.6 Å². The zero-order valence-electron chi connectivity index (χ0n) is 11.2. The third-order valence-corrected chi connectivity index (χ3v) is 2.41. The summed E-state index contributed by atoms with van der Waals surface area (Å²) in [5.74, 6) is -0.131. The third kappa shape index (κ3) is 5.29. The van der Waals surface area contributed by atoms with Crippen LogP contribution in [0.1, 0.15) is 19.4 Å². The van der Waals surface area contributed by atoms with Crippen molar-refractivity contribution in [1.29, 1.82) is 0 Å². The van der Waals surface area contributed by atoms with Crippen molar-refractivity contribution in [2.24, 2.45) is 0 Å². The first-order chi connectivity index (χ1) is 8.63. The highest BCUT2D eigenvalue weighted by atomic mass is 16.5. The lowest BCUT2D eigenvalue weighted by atomic mass is 10.1. The number of hydrogen-bond acceptors (Lipinski definition) is 3. The number of para-hydroxylation sites is 1. The van der Waals surface area contributed by atoms with Gasteiger partial charge < -0.3 is 14.8 Å². The molecule has 0 atom stereocenters. The van der Waals surface area contributed by atoms with Crippen molar-refractivity contribution in [2.75, 3.05) is 25.6 Å². The summed E-state index contributed by atoms with van der Waals surface area (Å²) in [4.78, 5) is 11.7. The van der Waals surface area contributed by atoms with Gasteiger partial charge in [0.15, 0.2) is 0 Å². The minimum atomic E-state index is -0.131. The summed E-state index contributed by atoms with van der Waals surface area (Å²) in [5.41, 5.74) is 1.89. The summed E-state index contributed by atoms with van der Waals surface area (Å²) in [6, 6.07) is 7.72. The van der Waals surface area contributed by atoms with E-state index in [2.05, 4.69) is 5.32 Å². The van der Waals surface area contributed by atoms with Gasteiger partial charge in [-0.1, -0.05) is 18.2 Å². The molecule has 0 aromatic heterocycles. The van der Waals surface area contributed by atoms with E-state index in [9.17, 15) is 4.79 Å². The maximum absolute atomic E-state index is 11.7. The fourth-order valence-corrected chi connectivity index (χ4v) is 1.50. The molecule has 1 rings (SSSR count). The fourth-order valence-electron chi connectivity index (χ4n) is 1.50. The topological polar surface area (TPSA) is 47.6 Å². The number of ether oxygens (including phenoxy) is 2. The van der Waals surface area contributed by atoms with Crippen molar-refractivity contribution < 1.29 is 14.3 Å². The second-order valence-electron chi connectivity index (χ2n) is 4.31. The van der Waals surface area contributed by atoms with Crippen LogP contribution in [0.15, 0.2) is 24.3 Å². The minimum absolute atomic E-state index is 0.0551. The molecule has 1 aromatic rings. The van der Waals surface area contributed by atoms with Crippen LogP contribution in [0, 0.1) is 0 Å². The molecule has 1 amide bonds. The SMILES string of the molecule is COCCc1ccccc1NC(=O)COC(C)C. The van der Waals surface area contributed by atoms with Gasteiger partial charge in [0.25, 0.3) is 0 Å². The Kier molecular flexibility index (Phi) is 6.39. The van der Waals surface area contributed by atoms with Crippen LogP contribution in [0.3, 0.4) is 0 Å². The van der Waals surface area contributed by atoms with E-state index in [1.807, 2.05) is 38.1 Å². The second kappa shape index (κ2) is 7.84. The van der Waals surface area contributed by atoms with Crippen LogP contribution in [-0.2, 0) is 20.7 Å². The van der Waals surface area contributed by atoms with Gasteiger partial charge in [0, 0.05) is 12.8 Å². The van der Waals surface area contributed by atoms with Crippen LogP contribution in [0.4, 0.5) is 5.69 Å². The maximum atomic E-state index is 11.7. The standard InChI is InChI=1S/C14H21NO3/c1-11(2)18-10-14(16)15-13-7-5-4-6-12(13)8-9-17-3/h4-7,11H,8-10H2,1-3H3,(H,15,16). The third-order valence-electron chi connectivity index (χ3n) is 2.41. The largest absolute Gasteiger partial charge is 0.384 e. The number of carbonyl (C=O) groups excluding carboxylic acids is 1. The van der Waals surface area contributed by atoms with E-state index in [-0.39, 0.29) is 18.6 Å². The molecule has 0 saturated carbocycles. The Bertz CT molecular complexity index is 377. The first-order valence-corrected chi connectivity index (χ1v) is 6.11. The van der Waals surface area contributed by atoms with Crippen LogP contribution < -0.4 is 5.32 Å². The molecule has 0 unspecified atom stereocenters. The number of amides is 1. The molecule has 0 heterocycles. The second-order valence-corrected chi connectivity index (χ2v) is 4.31. The molecule has 0 saturated heterocycles. The molecule has 18 heavy (non-hydrogen) atoms. The molecule has 0 spiro atoms. The molecule has 0 aliphatic rings. The molecular weight excluding hydrogens is 230 g/mol. The summed E-state index contributed by atoms with van der Waals surface area (Å²) in [6.07, 6.45) is 0.831. The first kappa shape index (κ1) is 14.7. The summed E-state index contributed by atoms with van der Waals surface area (Å²) in [5, 5.41) is 2.86. The zero-order chi connectivity index (χ0) is 13.4. The lowest BCUT2D eigenvalue weighted by Crippen LogP contribution is -2.21. The molecule has 0 aliphatic carbocycles. The Hall–Kier alpha value is -1.39. The van der Waals surface area contributed by atoms with Crippen LogP contribution in [0.5, 0.6) is 0 Å². The van der Waals surface area contributed by atoms with E-state index in [0.717, 1.165) is 17.7 Å². The van der Waals surface area contributed by atoms with Gasteiger partial charge in [-0.2, -0.15) is 0 Å². The highest BCUT2D eigenvalue weighted by molar-refractivity contribution is 5.92. The molecule has 100 valence electrons. The van der Waals surface area contributed by atoms with Gasteiger partial charge in [-0.25, -0.2) is 0 Å². The minimum Gasteiger partial charge on any atom is -0.384 e. The van der Waals surface area contributed by atoms with E-state index in [4.69, 9.17) is 9.47 Å². The van der Waals surface area contributed by atoms with Gasteiger partial charge in [0.05, 0.1) is 12.7 Å². The Balaban J connectivity index is 2.57. The molecular formula is C14H21NO3. The zero-order valence-corrected chi connectivity index (χ0v) is 11.2. The molecule has 4 nitrogen and oxygen atoms in total. The van der Waals surface area contributed by atoms with Gasteiger partial charge >= 0.3 is 0 Å². The van der Waals surface area contributed by atoms with E-state index in [0.29, 0.717) is 6.61 Å². The molecule has 0 aliphatic heterocycles. The number of nitrogens with one attached hydrogen (secondary N) is 1. The normalized spacial score (nSPS) is 10.7. The molecule has 0 radical (unpaired) electrons. The number of rotatable bonds is 7. The van der Waals surface area contributed by atoms with Crippen molar-refractivity contribution in [3.8, 4) is 0 Å². The van der Waals surface area contributed by atoms with E-state index >= 15 is 0 Å². The Morgan fingerprint density at radius 1 is 1.33 bits per heavy atom. The fraction of sp³-hybridized carbons (Fsp3) is 0.500. The maximum Gasteiger partial charge on any atom is 0.250 e. The summed E-state index contributed by atoms with van der Waals surface area (Å²) >= 11 is 0. The van der Waals surface area contributed by atoms with Crippen LogP contribution in [-0.4, -0.2) is 32.3 Å². The number of carbonyl (C=O) groups is 1.